The number of allylic oxidation sites excluding steroid dienone is 1. The summed E-state index contributed by atoms with van der Waals surface area (Å²) >= 11 is 0. The van der Waals surface area contributed by atoms with Crippen LogP contribution in [0, 0.1) is 0 Å². The van der Waals surface area contributed by atoms with Crippen LogP contribution in [-0.4, -0.2) is 12.6 Å². The number of carbonyl (C=O) groups is 1. The van der Waals surface area contributed by atoms with Crippen molar-refractivity contribution in [2.45, 2.75) is 26.2 Å². The summed E-state index contributed by atoms with van der Waals surface area (Å²) in [4.78, 5) is 11.7. The van der Waals surface area contributed by atoms with E-state index in [0.717, 1.165) is 24.8 Å². The van der Waals surface area contributed by atoms with E-state index in [9.17, 15) is 4.79 Å². The van der Waals surface area contributed by atoms with Gasteiger partial charge in [-0.1, -0.05) is 36.4 Å². The zero-order valence-electron chi connectivity index (χ0n) is 11.7. The van der Waals surface area contributed by atoms with Crippen LogP contribution in [0.5, 0.6) is 0 Å². The molecule has 0 saturated carbocycles. The Kier molecular flexibility index (Phi) is 3.55. The first-order valence-corrected chi connectivity index (χ1v) is 7.18. The van der Waals surface area contributed by atoms with Crippen molar-refractivity contribution in [3.63, 3.8) is 0 Å². The SMILES string of the molecule is CCOC(=O)C=C1CCCc2c1ccc1ccccc21. The fourth-order valence-electron chi connectivity index (χ4n) is 2.97. The highest BCUT2D eigenvalue weighted by molar-refractivity contribution is 5.96. The maximum absolute atomic E-state index is 11.7. The minimum Gasteiger partial charge on any atom is -0.463 e. The topological polar surface area (TPSA) is 26.3 Å². The third-order valence-corrected chi connectivity index (χ3v) is 3.84. The zero-order valence-corrected chi connectivity index (χ0v) is 11.7. The minimum atomic E-state index is -0.233. The van der Waals surface area contributed by atoms with E-state index in [4.69, 9.17) is 4.74 Å². The molecule has 0 aromatic heterocycles. The van der Waals surface area contributed by atoms with Crippen LogP contribution in [-0.2, 0) is 16.0 Å². The van der Waals surface area contributed by atoms with Gasteiger partial charge in [-0.3, -0.25) is 0 Å². The number of carbonyl (C=O) groups excluding carboxylic acids is 1. The van der Waals surface area contributed by atoms with Gasteiger partial charge >= 0.3 is 5.97 Å². The van der Waals surface area contributed by atoms with Gasteiger partial charge in [-0.2, -0.15) is 0 Å². The first kappa shape index (κ1) is 12.9. The summed E-state index contributed by atoms with van der Waals surface area (Å²) in [6, 6.07) is 12.7. The molecule has 0 atom stereocenters. The second-order valence-corrected chi connectivity index (χ2v) is 5.09. The number of benzene rings is 2. The molecule has 1 aliphatic carbocycles. The van der Waals surface area contributed by atoms with Crippen molar-refractivity contribution in [3.05, 3.63) is 53.6 Å². The Morgan fingerprint density at radius 2 is 2.05 bits per heavy atom. The molecule has 0 N–H and O–H groups in total. The first-order chi connectivity index (χ1) is 9.79. The Morgan fingerprint density at radius 1 is 1.20 bits per heavy atom. The molecule has 0 unspecified atom stereocenters. The van der Waals surface area contributed by atoms with Gasteiger partial charge in [-0.15, -0.1) is 0 Å². The molecular formula is C18H18O2. The molecule has 2 heteroatoms. The predicted octanol–water partition coefficient (Wildman–Crippen LogP) is 4.12. The molecule has 0 fully saturated rings. The van der Waals surface area contributed by atoms with Crippen LogP contribution in [0.4, 0.5) is 0 Å². The van der Waals surface area contributed by atoms with Crippen LogP contribution in [0.25, 0.3) is 16.3 Å². The van der Waals surface area contributed by atoms with Gasteiger partial charge in [0, 0.05) is 6.08 Å². The number of rotatable bonds is 2. The lowest BCUT2D eigenvalue weighted by Crippen LogP contribution is -2.06. The zero-order chi connectivity index (χ0) is 13.9. The molecule has 3 rings (SSSR count). The average molecular weight is 266 g/mol. The number of esters is 1. The number of aryl methyl sites for hydroxylation is 1. The van der Waals surface area contributed by atoms with E-state index in [1.165, 1.54) is 21.9 Å². The van der Waals surface area contributed by atoms with E-state index < -0.39 is 0 Å². The quantitative estimate of drug-likeness (QED) is 0.603. The van der Waals surface area contributed by atoms with Crippen molar-refractivity contribution in [3.8, 4) is 0 Å². The largest absolute Gasteiger partial charge is 0.463 e. The summed E-state index contributed by atoms with van der Waals surface area (Å²) in [7, 11) is 0. The van der Waals surface area contributed by atoms with Crippen LogP contribution < -0.4 is 0 Å². The lowest BCUT2D eigenvalue weighted by atomic mass is 9.84. The molecule has 0 heterocycles. The van der Waals surface area contributed by atoms with E-state index in [2.05, 4.69) is 36.4 Å². The Bertz CT molecular complexity index is 683. The normalized spacial score (nSPS) is 16.1. The fourth-order valence-corrected chi connectivity index (χ4v) is 2.97. The highest BCUT2D eigenvalue weighted by Gasteiger charge is 2.17. The average Bonchev–Trinajstić information content (AvgIpc) is 2.47. The molecular weight excluding hydrogens is 248 g/mol. The molecule has 2 aromatic carbocycles. The highest BCUT2D eigenvalue weighted by atomic mass is 16.5. The molecule has 2 nitrogen and oxygen atoms in total. The molecule has 1 aliphatic rings. The van der Waals surface area contributed by atoms with E-state index in [-0.39, 0.29) is 5.97 Å². The van der Waals surface area contributed by atoms with Gasteiger partial charge in [0.25, 0.3) is 0 Å². The first-order valence-electron chi connectivity index (χ1n) is 7.18. The lowest BCUT2D eigenvalue weighted by molar-refractivity contribution is -0.137. The number of hydrogen-bond acceptors (Lipinski definition) is 2. The molecule has 0 radical (unpaired) electrons. The summed E-state index contributed by atoms with van der Waals surface area (Å²) in [5, 5.41) is 2.57. The molecule has 20 heavy (non-hydrogen) atoms. The molecule has 102 valence electrons. The van der Waals surface area contributed by atoms with Crippen LogP contribution in [0.3, 0.4) is 0 Å². The molecule has 0 saturated heterocycles. The fraction of sp³-hybridized carbons (Fsp3) is 0.278. The third-order valence-electron chi connectivity index (χ3n) is 3.84. The highest BCUT2D eigenvalue weighted by Crippen LogP contribution is 2.35. The minimum absolute atomic E-state index is 0.233. The van der Waals surface area contributed by atoms with E-state index in [1.54, 1.807) is 6.08 Å². The maximum atomic E-state index is 11.7. The van der Waals surface area contributed by atoms with Gasteiger partial charge in [0.1, 0.15) is 0 Å². The van der Waals surface area contributed by atoms with Gasteiger partial charge in [0.2, 0.25) is 0 Å². The van der Waals surface area contributed by atoms with Crippen LogP contribution >= 0.6 is 0 Å². The van der Waals surface area contributed by atoms with Gasteiger partial charge in [-0.05, 0) is 53.7 Å². The predicted molar refractivity (Wildman–Crippen MR) is 81.5 cm³/mol. The van der Waals surface area contributed by atoms with Gasteiger partial charge in [0.15, 0.2) is 0 Å². The van der Waals surface area contributed by atoms with Crippen molar-refractivity contribution in [1.82, 2.24) is 0 Å². The summed E-state index contributed by atoms with van der Waals surface area (Å²) in [6.07, 6.45) is 4.78. The smallest absolute Gasteiger partial charge is 0.331 e. The summed E-state index contributed by atoms with van der Waals surface area (Å²) in [5.74, 6) is -0.233. The van der Waals surface area contributed by atoms with Crippen LogP contribution in [0.2, 0.25) is 0 Å². The van der Waals surface area contributed by atoms with Crippen molar-refractivity contribution in [2.75, 3.05) is 6.61 Å². The van der Waals surface area contributed by atoms with Gasteiger partial charge in [0.05, 0.1) is 6.61 Å². The van der Waals surface area contributed by atoms with Gasteiger partial charge < -0.3 is 4.74 Å². The lowest BCUT2D eigenvalue weighted by Gasteiger charge is -2.21. The second kappa shape index (κ2) is 5.49. The monoisotopic (exact) mass is 266 g/mol. The van der Waals surface area contributed by atoms with Crippen LogP contribution in [0.15, 0.2) is 42.5 Å². The Hall–Kier alpha value is -2.09. The van der Waals surface area contributed by atoms with Crippen molar-refractivity contribution in [2.24, 2.45) is 0 Å². The molecule has 0 aliphatic heterocycles. The van der Waals surface area contributed by atoms with E-state index in [1.807, 2.05) is 6.92 Å². The second-order valence-electron chi connectivity index (χ2n) is 5.09. The summed E-state index contributed by atoms with van der Waals surface area (Å²) in [5.41, 5.74) is 3.68. The Morgan fingerprint density at radius 3 is 2.90 bits per heavy atom. The van der Waals surface area contributed by atoms with E-state index >= 15 is 0 Å². The van der Waals surface area contributed by atoms with Crippen molar-refractivity contribution >= 4 is 22.3 Å². The molecule has 0 amide bonds. The third kappa shape index (κ3) is 2.34. The van der Waals surface area contributed by atoms with Crippen molar-refractivity contribution in [1.29, 1.82) is 0 Å². The number of hydrogen-bond donors (Lipinski definition) is 0. The van der Waals surface area contributed by atoms with Gasteiger partial charge in [-0.25, -0.2) is 4.79 Å². The number of fused-ring (bicyclic) bond motifs is 3. The molecule has 2 aromatic rings. The van der Waals surface area contributed by atoms with Crippen LogP contribution in [0.1, 0.15) is 30.9 Å². The Labute approximate surface area is 119 Å². The van der Waals surface area contributed by atoms with Crippen molar-refractivity contribution < 1.29 is 9.53 Å². The molecule has 0 bridgehead atoms. The standard InChI is InChI=1S/C18H18O2/c1-2-20-18(19)12-14-7-5-9-17-15-8-4-3-6-13(15)10-11-16(14)17/h3-4,6,8,10-12H,2,5,7,9H2,1H3. The Balaban J connectivity index is 2.09. The molecule has 0 spiro atoms. The maximum Gasteiger partial charge on any atom is 0.331 e. The summed E-state index contributed by atoms with van der Waals surface area (Å²) in [6.45, 7) is 2.26. The summed E-state index contributed by atoms with van der Waals surface area (Å²) < 4.78 is 5.03. The van der Waals surface area contributed by atoms with E-state index in [0.29, 0.717) is 6.61 Å². The number of ether oxygens (including phenoxy) is 1.